The zero-order valence-electron chi connectivity index (χ0n) is 41.3. The summed E-state index contributed by atoms with van der Waals surface area (Å²) in [6.07, 6.45) is 27.7. The SMILES string of the molecule is CCCCCCCCCCCCCCCCCCC(C=Cc1cc(O[Si](C(C)C)(C(C)C)C(C)C)cc(O[Si](C(C)C)(C(C)C)C(C)C)c1)CC(C(=O)O)c1ccccc1. The highest BCUT2D eigenvalue weighted by Crippen LogP contribution is 2.46. The average Bonchev–Trinajstić information content (AvgIpc) is 3.18. The molecule has 2 aromatic rings. The van der Waals surface area contributed by atoms with E-state index in [4.69, 9.17) is 8.85 Å². The molecule has 0 radical (unpaired) electrons. The molecule has 0 bridgehead atoms. The van der Waals surface area contributed by atoms with Gasteiger partial charge in [0, 0.05) is 6.07 Å². The van der Waals surface area contributed by atoms with E-state index in [2.05, 4.69) is 120 Å². The van der Waals surface area contributed by atoms with Crippen LogP contribution in [0.4, 0.5) is 0 Å². The highest BCUT2D eigenvalue weighted by Gasteiger charge is 2.48. The van der Waals surface area contributed by atoms with Crippen molar-refractivity contribution in [2.75, 3.05) is 0 Å². The fourth-order valence-corrected chi connectivity index (χ4v) is 21.3. The highest BCUT2D eigenvalue weighted by atomic mass is 28.4. The summed E-state index contributed by atoms with van der Waals surface area (Å²) in [4.78, 5) is 12.8. The van der Waals surface area contributed by atoms with Gasteiger partial charge in [0.15, 0.2) is 0 Å². The molecule has 2 atom stereocenters. The molecule has 0 spiro atoms. The zero-order chi connectivity index (χ0) is 44.7. The monoisotopic (exact) mass is 863 g/mol. The molecule has 4 nitrogen and oxygen atoms in total. The highest BCUT2D eigenvalue weighted by molar-refractivity contribution is 6.78. The van der Waals surface area contributed by atoms with Crippen LogP contribution in [0.25, 0.3) is 6.08 Å². The molecule has 2 aromatic carbocycles. The lowest BCUT2D eigenvalue weighted by Gasteiger charge is -2.43. The molecule has 0 saturated carbocycles. The van der Waals surface area contributed by atoms with E-state index in [0.717, 1.165) is 35.5 Å². The molecular weight excluding hydrogens is 769 g/mol. The van der Waals surface area contributed by atoms with Gasteiger partial charge >= 0.3 is 5.97 Å². The number of hydrogen-bond donors (Lipinski definition) is 1. The fourth-order valence-electron chi connectivity index (χ4n) is 10.8. The minimum Gasteiger partial charge on any atom is -0.543 e. The molecule has 60 heavy (non-hydrogen) atoms. The van der Waals surface area contributed by atoms with Crippen LogP contribution in [0.1, 0.15) is 223 Å². The van der Waals surface area contributed by atoms with E-state index in [1.54, 1.807) is 0 Å². The number of benzene rings is 2. The Morgan fingerprint density at radius 3 is 1.27 bits per heavy atom. The van der Waals surface area contributed by atoms with E-state index in [1.165, 1.54) is 96.3 Å². The number of carboxylic acids is 1. The van der Waals surface area contributed by atoms with Gasteiger partial charge < -0.3 is 14.0 Å². The lowest BCUT2D eigenvalue weighted by molar-refractivity contribution is -0.139. The number of rotatable bonds is 33. The third-order valence-electron chi connectivity index (χ3n) is 13.9. The molecule has 1 N–H and O–H groups in total. The molecule has 6 heteroatoms. The lowest BCUT2D eigenvalue weighted by Crippen LogP contribution is -2.51. The standard InChI is InChI=1S/C54H94O4Si2/c1-14-15-16-17-18-19-20-21-22-23-24-25-26-27-28-30-33-48(40-53(54(55)56)50-34-31-29-32-35-50)36-37-49-38-51(57-59(42(2)3,43(4)5)44(6)7)41-52(39-49)58-60(45(8)9,46(10)11)47(12)13/h29,31-32,34-39,41-48,53H,14-28,30,33,40H2,1-13H3,(H,55,56). The molecule has 2 rings (SSSR count). The molecule has 0 aromatic heterocycles. The van der Waals surface area contributed by atoms with Gasteiger partial charge in [-0.2, -0.15) is 0 Å². The average molecular weight is 864 g/mol. The van der Waals surface area contributed by atoms with Gasteiger partial charge in [0.2, 0.25) is 0 Å². The Labute approximate surface area is 373 Å². The molecule has 0 amide bonds. The van der Waals surface area contributed by atoms with Crippen molar-refractivity contribution in [1.29, 1.82) is 0 Å². The molecule has 0 saturated heterocycles. The van der Waals surface area contributed by atoms with Crippen molar-refractivity contribution in [2.24, 2.45) is 5.92 Å². The van der Waals surface area contributed by atoms with Crippen LogP contribution >= 0.6 is 0 Å². The van der Waals surface area contributed by atoms with Crippen LogP contribution in [0.15, 0.2) is 54.6 Å². The quantitative estimate of drug-likeness (QED) is 0.0574. The lowest BCUT2D eigenvalue weighted by atomic mass is 9.85. The first-order valence-electron chi connectivity index (χ1n) is 25.0. The van der Waals surface area contributed by atoms with Crippen molar-refractivity contribution in [3.8, 4) is 11.5 Å². The Bertz CT molecular complexity index is 1370. The van der Waals surface area contributed by atoms with Crippen LogP contribution < -0.4 is 8.85 Å². The van der Waals surface area contributed by atoms with Crippen LogP contribution in [0.5, 0.6) is 11.5 Å². The molecule has 0 aliphatic heterocycles. The first-order chi connectivity index (χ1) is 28.5. The second-order valence-electron chi connectivity index (χ2n) is 20.3. The second kappa shape index (κ2) is 28.4. The van der Waals surface area contributed by atoms with Gasteiger partial charge in [-0.15, -0.1) is 0 Å². The number of unbranched alkanes of at least 4 members (excludes halogenated alkanes) is 15. The van der Waals surface area contributed by atoms with Gasteiger partial charge in [-0.25, -0.2) is 0 Å². The Kier molecular flexibility index (Phi) is 25.5. The topological polar surface area (TPSA) is 55.8 Å². The first kappa shape index (κ1) is 53.8. The molecular formula is C54H94O4Si2. The maximum Gasteiger partial charge on any atom is 0.310 e. The van der Waals surface area contributed by atoms with E-state index in [-0.39, 0.29) is 5.92 Å². The first-order valence-corrected chi connectivity index (χ1v) is 29.3. The normalized spacial score (nSPS) is 13.8. The van der Waals surface area contributed by atoms with Gasteiger partial charge in [0.05, 0.1) is 5.92 Å². The summed E-state index contributed by atoms with van der Waals surface area (Å²) in [6.45, 7) is 30.4. The summed E-state index contributed by atoms with van der Waals surface area (Å²) in [5.74, 6) is 0.678. The van der Waals surface area contributed by atoms with Gasteiger partial charge in [0.25, 0.3) is 16.6 Å². The summed E-state index contributed by atoms with van der Waals surface area (Å²) >= 11 is 0. The van der Waals surface area contributed by atoms with Crippen LogP contribution in [-0.2, 0) is 4.79 Å². The van der Waals surface area contributed by atoms with E-state index >= 15 is 0 Å². The third-order valence-corrected chi connectivity index (χ3v) is 25.9. The summed E-state index contributed by atoms with van der Waals surface area (Å²) in [6, 6.07) is 16.5. The molecule has 342 valence electrons. The predicted molar refractivity (Wildman–Crippen MR) is 268 cm³/mol. The van der Waals surface area contributed by atoms with Crippen molar-refractivity contribution in [3.05, 3.63) is 65.7 Å². The number of allylic oxidation sites excluding steroid dienone is 1. The predicted octanol–water partition coefficient (Wildman–Crippen LogP) is 18.3. The van der Waals surface area contributed by atoms with Crippen molar-refractivity contribution in [3.63, 3.8) is 0 Å². The van der Waals surface area contributed by atoms with Gasteiger partial charge in [-0.3, -0.25) is 4.79 Å². The fraction of sp³-hybridized carbons (Fsp3) is 0.722. The van der Waals surface area contributed by atoms with E-state index in [0.29, 0.717) is 39.7 Å². The van der Waals surface area contributed by atoms with Crippen molar-refractivity contribution < 1.29 is 18.8 Å². The number of carbonyl (C=O) groups is 1. The molecule has 2 unspecified atom stereocenters. The Balaban J connectivity index is 2.32. The van der Waals surface area contributed by atoms with Gasteiger partial charge in [-0.1, -0.05) is 235 Å². The number of carboxylic acid groups (broad SMARTS) is 1. The maximum absolute atomic E-state index is 12.8. The Hall–Kier alpha value is -2.32. The van der Waals surface area contributed by atoms with Crippen molar-refractivity contribution >= 4 is 28.7 Å². The minimum absolute atomic E-state index is 0.137. The smallest absolute Gasteiger partial charge is 0.310 e. The summed E-state index contributed by atoms with van der Waals surface area (Å²) in [5.41, 5.74) is 4.66. The zero-order valence-corrected chi connectivity index (χ0v) is 43.3. The molecule has 0 fully saturated rings. The molecule has 0 aliphatic carbocycles. The summed E-state index contributed by atoms with van der Waals surface area (Å²) < 4.78 is 14.7. The Morgan fingerprint density at radius 2 is 0.917 bits per heavy atom. The molecule has 0 heterocycles. The maximum atomic E-state index is 12.8. The van der Waals surface area contributed by atoms with Crippen molar-refractivity contribution in [2.45, 2.75) is 245 Å². The Morgan fingerprint density at radius 1 is 0.550 bits per heavy atom. The second-order valence-corrected chi connectivity index (χ2v) is 31.1. The van der Waals surface area contributed by atoms with E-state index in [1.807, 2.05) is 30.3 Å². The molecule has 0 aliphatic rings. The van der Waals surface area contributed by atoms with E-state index < -0.39 is 28.5 Å². The van der Waals surface area contributed by atoms with Crippen LogP contribution in [0, 0.1) is 5.92 Å². The van der Waals surface area contributed by atoms with Crippen LogP contribution in [0.3, 0.4) is 0 Å². The summed E-state index contributed by atoms with van der Waals surface area (Å²) in [5, 5.41) is 10.5. The van der Waals surface area contributed by atoms with Gasteiger partial charge in [-0.05, 0) is 75.3 Å². The number of hydrogen-bond acceptors (Lipinski definition) is 3. The van der Waals surface area contributed by atoms with Crippen LogP contribution in [-0.4, -0.2) is 27.7 Å². The largest absolute Gasteiger partial charge is 0.543 e. The summed E-state index contributed by atoms with van der Waals surface area (Å²) in [7, 11) is -4.48. The minimum atomic E-state index is -2.24. The number of aliphatic carboxylic acids is 1. The van der Waals surface area contributed by atoms with Gasteiger partial charge in [0.1, 0.15) is 11.5 Å². The van der Waals surface area contributed by atoms with E-state index in [9.17, 15) is 9.90 Å². The van der Waals surface area contributed by atoms with Crippen LogP contribution in [0.2, 0.25) is 33.2 Å². The third kappa shape index (κ3) is 17.1. The van der Waals surface area contributed by atoms with Crippen molar-refractivity contribution in [1.82, 2.24) is 0 Å².